The minimum atomic E-state index is 0.595. The van der Waals surface area contributed by atoms with Gasteiger partial charge in [-0.15, -0.1) is 0 Å². The molecule has 0 saturated heterocycles. The molecule has 56 valence electrons. The van der Waals surface area contributed by atoms with Gasteiger partial charge in [-0.25, -0.2) is 0 Å². The van der Waals surface area contributed by atoms with Crippen molar-refractivity contribution >= 4 is 17.2 Å². The van der Waals surface area contributed by atoms with Crippen molar-refractivity contribution in [1.29, 1.82) is 0 Å². The maximum atomic E-state index is 5.29. The van der Waals surface area contributed by atoms with Crippen molar-refractivity contribution in [2.45, 2.75) is 6.92 Å². The van der Waals surface area contributed by atoms with E-state index in [2.05, 4.69) is 0 Å². The van der Waals surface area contributed by atoms with E-state index >= 15 is 0 Å². The van der Waals surface area contributed by atoms with Gasteiger partial charge in [-0.05, 0) is 25.1 Å². The fourth-order valence-corrected chi connectivity index (χ4v) is 1.03. The lowest BCUT2D eigenvalue weighted by Crippen LogP contribution is -1.56. The smallest absolute Gasteiger partial charge is 0.297 e. The van der Waals surface area contributed by atoms with Gasteiger partial charge in [0.1, 0.15) is 5.76 Å². The largest absolute Gasteiger partial charge is 0.433 e. The maximum absolute atomic E-state index is 5.29. The number of hydrogen-bond acceptors (Lipinski definition) is 2. The minimum Gasteiger partial charge on any atom is -0.433 e. The highest BCUT2D eigenvalue weighted by Gasteiger charge is 2.01. The number of rotatable bonds is 1. The third-order valence-corrected chi connectivity index (χ3v) is 1.50. The van der Waals surface area contributed by atoms with Gasteiger partial charge in [0, 0.05) is 0 Å². The van der Waals surface area contributed by atoms with Crippen LogP contribution in [-0.2, 0) is 0 Å². The van der Waals surface area contributed by atoms with Crippen molar-refractivity contribution in [2.24, 2.45) is 0 Å². The topological polar surface area (TPSA) is 26.3 Å². The summed E-state index contributed by atoms with van der Waals surface area (Å²) < 4.78 is 10.3. The summed E-state index contributed by atoms with van der Waals surface area (Å²) in [4.78, 5) is 0. The van der Waals surface area contributed by atoms with E-state index in [0.717, 1.165) is 11.1 Å². The van der Waals surface area contributed by atoms with Crippen LogP contribution in [0.5, 0.6) is 0 Å². The van der Waals surface area contributed by atoms with Gasteiger partial charge in [0.2, 0.25) is 0 Å². The van der Waals surface area contributed by atoms with Crippen LogP contribution in [-0.4, -0.2) is 0 Å². The van der Waals surface area contributed by atoms with Crippen LogP contribution < -0.4 is 0 Å². The van der Waals surface area contributed by atoms with Crippen molar-refractivity contribution in [3.63, 3.8) is 0 Å². The Morgan fingerprint density at radius 2 is 2.36 bits per heavy atom. The molecule has 0 aliphatic rings. The van der Waals surface area contributed by atoms with Gasteiger partial charge in [0.15, 0.2) is 0 Å². The van der Waals surface area contributed by atoms with Gasteiger partial charge < -0.3 is 8.83 Å². The zero-order valence-corrected chi connectivity index (χ0v) is 6.20. The molecule has 2 aromatic rings. The summed E-state index contributed by atoms with van der Waals surface area (Å²) in [5.74, 6) is 1.43. The number of furan rings is 2. The van der Waals surface area contributed by atoms with Crippen molar-refractivity contribution in [3.05, 3.63) is 30.2 Å². The lowest BCUT2D eigenvalue weighted by Gasteiger charge is -1.78. The van der Waals surface area contributed by atoms with Crippen molar-refractivity contribution in [1.82, 2.24) is 0 Å². The first-order valence-corrected chi connectivity index (χ1v) is 3.50. The Kier molecular flexibility index (Phi) is 1.32. The molecule has 0 aliphatic carbocycles. The molecule has 0 amide bonds. The maximum Gasteiger partial charge on any atom is 0.297 e. The molecule has 0 fully saturated rings. The lowest BCUT2D eigenvalue weighted by atomic mass is 10.3. The van der Waals surface area contributed by atoms with Gasteiger partial charge in [0.05, 0.1) is 11.6 Å². The van der Waals surface area contributed by atoms with Crippen LogP contribution in [0.3, 0.4) is 0 Å². The molecule has 0 N–H and O–H groups in total. The highest BCUT2D eigenvalue weighted by molar-refractivity contribution is 5.74. The molecule has 0 radical (unpaired) electrons. The molecule has 0 aliphatic heterocycles. The van der Waals surface area contributed by atoms with E-state index in [4.69, 9.17) is 8.83 Å². The molecule has 0 spiro atoms. The number of fused-ring (bicyclic) bond motifs is 1. The standard InChI is InChI=1S/C9H8O2/c1-2-3-8-6-7-4-5-10-9(7)11-8/h2-6H,1H3. The fraction of sp³-hybridized carbons (Fsp3) is 0.111. The molecule has 2 nitrogen and oxygen atoms in total. The van der Waals surface area contributed by atoms with Crippen LogP contribution in [0.25, 0.3) is 17.2 Å². The Labute approximate surface area is 64.1 Å². The van der Waals surface area contributed by atoms with E-state index < -0.39 is 0 Å². The molecule has 0 atom stereocenters. The predicted molar refractivity (Wildman–Crippen MR) is 43.2 cm³/mol. The SMILES string of the molecule is CC=Cc1cc2ccoc2o1. The predicted octanol–water partition coefficient (Wildman–Crippen LogP) is 3.06. The van der Waals surface area contributed by atoms with Crippen LogP contribution in [0.15, 0.2) is 33.3 Å². The van der Waals surface area contributed by atoms with Crippen LogP contribution in [0, 0.1) is 0 Å². The van der Waals surface area contributed by atoms with E-state index in [1.54, 1.807) is 6.26 Å². The van der Waals surface area contributed by atoms with Gasteiger partial charge in [-0.1, -0.05) is 6.08 Å². The molecule has 0 unspecified atom stereocenters. The molecule has 2 heteroatoms. The summed E-state index contributed by atoms with van der Waals surface area (Å²) in [6.07, 6.45) is 5.45. The average molecular weight is 148 g/mol. The summed E-state index contributed by atoms with van der Waals surface area (Å²) in [5.41, 5.74) is 0. The zero-order chi connectivity index (χ0) is 7.68. The van der Waals surface area contributed by atoms with Gasteiger partial charge in [0.25, 0.3) is 5.78 Å². The molecule has 0 aromatic carbocycles. The van der Waals surface area contributed by atoms with Crippen LogP contribution in [0.2, 0.25) is 0 Å². The lowest BCUT2D eigenvalue weighted by molar-refractivity contribution is 0.473. The second-order valence-electron chi connectivity index (χ2n) is 2.31. The van der Waals surface area contributed by atoms with E-state index in [1.165, 1.54) is 0 Å². The van der Waals surface area contributed by atoms with E-state index in [0.29, 0.717) is 5.78 Å². The second-order valence-corrected chi connectivity index (χ2v) is 2.31. The highest BCUT2D eigenvalue weighted by atomic mass is 16.5. The van der Waals surface area contributed by atoms with Gasteiger partial charge in [-0.2, -0.15) is 0 Å². The molecular formula is C9H8O2. The van der Waals surface area contributed by atoms with Crippen molar-refractivity contribution in [2.75, 3.05) is 0 Å². The fourth-order valence-electron chi connectivity index (χ4n) is 1.03. The second kappa shape index (κ2) is 2.31. The van der Waals surface area contributed by atoms with Crippen molar-refractivity contribution < 1.29 is 8.83 Å². The molecular weight excluding hydrogens is 140 g/mol. The van der Waals surface area contributed by atoms with Crippen LogP contribution >= 0.6 is 0 Å². The summed E-state index contributed by atoms with van der Waals surface area (Å²) in [5, 5.41) is 1.01. The van der Waals surface area contributed by atoms with E-state index in [-0.39, 0.29) is 0 Å². The monoisotopic (exact) mass is 148 g/mol. The normalized spacial score (nSPS) is 11.7. The highest BCUT2D eigenvalue weighted by Crippen LogP contribution is 2.20. The molecule has 2 heterocycles. The van der Waals surface area contributed by atoms with Gasteiger partial charge in [-0.3, -0.25) is 0 Å². The van der Waals surface area contributed by atoms with E-state index in [1.807, 2.05) is 31.2 Å². The average Bonchev–Trinajstić information content (AvgIpc) is 2.46. The first kappa shape index (κ1) is 6.28. The Bertz CT molecular complexity index is 350. The summed E-state index contributed by atoms with van der Waals surface area (Å²) in [7, 11) is 0. The third kappa shape index (κ3) is 0.963. The van der Waals surface area contributed by atoms with Crippen LogP contribution in [0.1, 0.15) is 12.7 Å². The number of allylic oxidation sites excluding steroid dienone is 1. The Hall–Kier alpha value is -1.44. The molecule has 2 rings (SSSR count). The summed E-state index contributed by atoms with van der Waals surface area (Å²) >= 11 is 0. The summed E-state index contributed by atoms with van der Waals surface area (Å²) in [6.45, 7) is 1.95. The summed E-state index contributed by atoms with van der Waals surface area (Å²) in [6, 6.07) is 3.82. The first-order chi connectivity index (χ1) is 5.40. The molecule has 2 aromatic heterocycles. The molecule has 0 bridgehead atoms. The van der Waals surface area contributed by atoms with E-state index in [9.17, 15) is 0 Å². The Morgan fingerprint density at radius 1 is 1.45 bits per heavy atom. The number of hydrogen-bond donors (Lipinski definition) is 0. The van der Waals surface area contributed by atoms with Gasteiger partial charge >= 0.3 is 0 Å². The Balaban J connectivity index is 2.58. The zero-order valence-electron chi connectivity index (χ0n) is 6.20. The van der Waals surface area contributed by atoms with Crippen LogP contribution in [0.4, 0.5) is 0 Å². The molecule has 0 saturated carbocycles. The minimum absolute atomic E-state index is 0.595. The quantitative estimate of drug-likeness (QED) is 0.621. The Morgan fingerprint density at radius 3 is 3.09 bits per heavy atom. The third-order valence-electron chi connectivity index (χ3n) is 1.50. The van der Waals surface area contributed by atoms with Crippen molar-refractivity contribution in [3.8, 4) is 0 Å². The first-order valence-electron chi connectivity index (χ1n) is 3.50. The molecule has 11 heavy (non-hydrogen) atoms.